The van der Waals surface area contributed by atoms with E-state index in [0.717, 1.165) is 30.4 Å². The molecule has 0 bridgehead atoms. The van der Waals surface area contributed by atoms with E-state index in [2.05, 4.69) is 34.9 Å². The van der Waals surface area contributed by atoms with E-state index in [4.69, 9.17) is 4.74 Å². The first-order chi connectivity index (χ1) is 16.2. The second-order valence-corrected chi connectivity index (χ2v) is 9.91. The summed E-state index contributed by atoms with van der Waals surface area (Å²) in [6.45, 7) is 3.86. The Bertz CT molecular complexity index is 1030. The van der Waals surface area contributed by atoms with E-state index in [-0.39, 0.29) is 30.8 Å². The second kappa shape index (κ2) is 9.87. The van der Waals surface area contributed by atoms with Gasteiger partial charge in [-0.1, -0.05) is 55.0 Å². The van der Waals surface area contributed by atoms with Crippen LogP contribution >= 0.6 is 0 Å². The van der Waals surface area contributed by atoms with Crippen molar-refractivity contribution in [1.82, 2.24) is 10.6 Å². The molecular formula is C27H32N2O5. The number of carboxylic acids is 1. The van der Waals surface area contributed by atoms with Crippen LogP contribution in [0.15, 0.2) is 48.5 Å². The average molecular weight is 465 g/mol. The van der Waals surface area contributed by atoms with Gasteiger partial charge in [0.15, 0.2) is 0 Å². The van der Waals surface area contributed by atoms with E-state index >= 15 is 0 Å². The molecule has 2 aromatic carbocycles. The van der Waals surface area contributed by atoms with Crippen LogP contribution in [0.4, 0.5) is 4.79 Å². The molecule has 2 aromatic rings. The summed E-state index contributed by atoms with van der Waals surface area (Å²) in [5.74, 6) is -1.32. The zero-order valence-corrected chi connectivity index (χ0v) is 19.7. The summed E-state index contributed by atoms with van der Waals surface area (Å²) in [5.41, 5.74) is 3.94. The Kier molecular flexibility index (Phi) is 6.91. The number of hydrogen-bond acceptors (Lipinski definition) is 4. The molecule has 7 heteroatoms. The van der Waals surface area contributed by atoms with Crippen molar-refractivity contribution in [2.75, 3.05) is 6.61 Å². The lowest BCUT2D eigenvalue weighted by atomic mass is 9.79. The minimum Gasteiger partial charge on any atom is -0.480 e. The van der Waals surface area contributed by atoms with Crippen molar-refractivity contribution >= 4 is 18.0 Å². The summed E-state index contributed by atoms with van der Waals surface area (Å²) in [6.07, 6.45) is 2.59. The number of nitrogens with one attached hydrogen (secondary N) is 2. The number of fused-ring (bicyclic) bond motifs is 3. The highest BCUT2D eigenvalue weighted by molar-refractivity contribution is 5.84. The second-order valence-electron chi connectivity index (χ2n) is 9.91. The highest BCUT2D eigenvalue weighted by Crippen LogP contribution is 2.44. The number of carboxylic acid groups (broad SMARTS) is 1. The third-order valence-corrected chi connectivity index (χ3v) is 6.96. The van der Waals surface area contributed by atoms with Gasteiger partial charge < -0.3 is 20.5 Å². The highest BCUT2D eigenvalue weighted by atomic mass is 16.5. The maximum absolute atomic E-state index is 12.6. The molecule has 180 valence electrons. The number of rotatable bonds is 9. The number of carbonyl (C=O) groups excluding carboxylic acids is 2. The summed E-state index contributed by atoms with van der Waals surface area (Å²) < 4.78 is 5.60. The summed E-state index contributed by atoms with van der Waals surface area (Å²) in [5, 5.41) is 14.9. The maximum Gasteiger partial charge on any atom is 0.407 e. The van der Waals surface area contributed by atoms with Crippen molar-refractivity contribution in [2.24, 2.45) is 5.92 Å². The molecule has 2 aliphatic rings. The monoisotopic (exact) mass is 464 g/mol. The standard InChI is InChI=1S/C27H32N2O5/c1-27(2,15-14-23(30)28-24(25(31)32)17-8-7-9-17)29-26(33)34-16-22-20-12-5-3-10-18(20)19-11-4-6-13-21(19)22/h3-6,10-13,17,22,24H,7-9,14-16H2,1-2H3,(H,28,30)(H,29,33)(H,31,32). The zero-order valence-electron chi connectivity index (χ0n) is 19.7. The highest BCUT2D eigenvalue weighted by Gasteiger charge is 2.34. The molecule has 1 saturated carbocycles. The molecule has 2 amide bonds. The van der Waals surface area contributed by atoms with Crippen molar-refractivity contribution < 1.29 is 24.2 Å². The molecule has 0 aliphatic heterocycles. The molecule has 1 fully saturated rings. The van der Waals surface area contributed by atoms with Gasteiger partial charge in [-0.2, -0.15) is 0 Å². The number of alkyl carbamates (subject to hydrolysis) is 1. The lowest BCUT2D eigenvalue weighted by molar-refractivity contribution is -0.144. The van der Waals surface area contributed by atoms with Crippen molar-refractivity contribution in [3.63, 3.8) is 0 Å². The first-order valence-corrected chi connectivity index (χ1v) is 11.9. The van der Waals surface area contributed by atoms with Crippen LogP contribution in [0.5, 0.6) is 0 Å². The number of hydrogen-bond donors (Lipinski definition) is 3. The van der Waals surface area contributed by atoms with E-state index in [9.17, 15) is 19.5 Å². The number of amides is 2. The quantitative estimate of drug-likeness (QED) is 0.508. The fraction of sp³-hybridized carbons (Fsp3) is 0.444. The number of aliphatic carboxylic acids is 1. The van der Waals surface area contributed by atoms with Crippen LogP contribution in [0.1, 0.15) is 63.0 Å². The molecule has 34 heavy (non-hydrogen) atoms. The molecule has 1 unspecified atom stereocenters. The fourth-order valence-electron chi connectivity index (χ4n) is 4.80. The predicted molar refractivity (Wildman–Crippen MR) is 128 cm³/mol. The molecule has 0 saturated heterocycles. The molecule has 1 atom stereocenters. The van der Waals surface area contributed by atoms with Gasteiger partial charge in [0.2, 0.25) is 5.91 Å². The summed E-state index contributed by atoms with van der Waals surface area (Å²) >= 11 is 0. The summed E-state index contributed by atoms with van der Waals surface area (Å²) in [7, 11) is 0. The first kappa shape index (κ1) is 23.8. The van der Waals surface area contributed by atoms with Crippen molar-refractivity contribution in [3.8, 4) is 11.1 Å². The van der Waals surface area contributed by atoms with Gasteiger partial charge in [0.25, 0.3) is 0 Å². The van der Waals surface area contributed by atoms with Crippen LogP contribution in [-0.2, 0) is 14.3 Å². The molecule has 3 N–H and O–H groups in total. The molecular weight excluding hydrogens is 432 g/mol. The van der Waals surface area contributed by atoms with Gasteiger partial charge in [0, 0.05) is 17.9 Å². The van der Waals surface area contributed by atoms with Crippen LogP contribution < -0.4 is 10.6 Å². The minimum atomic E-state index is -0.992. The normalized spacial score (nSPS) is 16.1. The van der Waals surface area contributed by atoms with E-state index in [1.807, 2.05) is 38.1 Å². The number of carbonyl (C=O) groups is 3. The Balaban J connectivity index is 1.28. The van der Waals surface area contributed by atoms with Gasteiger partial charge in [-0.3, -0.25) is 4.79 Å². The van der Waals surface area contributed by atoms with Crippen LogP contribution in [0.3, 0.4) is 0 Å². The van der Waals surface area contributed by atoms with Crippen LogP contribution in [0, 0.1) is 5.92 Å². The first-order valence-electron chi connectivity index (χ1n) is 11.9. The van der Waals surface area contributed by atoms with Crippen molar-refractivity contribution in [3.05, 3.63) is 59.7 Å². The largest absolute Gasteiger partial charge is 0.480 e. The van der Waals surface area contributed by atoms with E-state index in [1.165, 1.54) is 11.1 Å². The predicted octanol–water partition coefficient (Wildman–Crippen LogP) is 4.45. The van der Waals surface area contributed by atoms with Crippen molar-refractivity contribution in [1.29, 1.82) is 0 Å². The van der Waals surface area contributed by atoms with Gasteiger partial charge in [0.1, 0.15) is 12.6 Å². The van der Waals surface area contributed by atoms with Crippen LogP contribution in [0.2, 0.25) is 0 Å². The van der Waals surface area contributed by atoms with Gasteiger partial charge in [-0.15, -0.1) is 0 Å². The molecule has 2 aliphatic carbocycles. The smallest absolute Gasteiger partial charge is 0.407 e. The van der Waals surface area contributed by atoms with E-state index < -0.39 is 23.6 Å². The molecule has 0 radical (unpaired) electrons. The van der Waals surface area contributed by atoms with E-state index in [1.54, 1.807) is 0 Å². The molecule has 0 aromatic heterocycles. The topological polar surface area (TPSA) is 105 Å². The van der Waals surface area contributed by atoms with Gasteiger partial charge in [-0.25, -0.2) is 9.59 Å². The minimum absolute atomic E-state index is 0.00779. The summed E-state index contributed by atoms with van der Waals surface area (Å²) in [4.78, 5) is 36.4. The molecule has 0 spiro atoms. The lowest BCUT2D eigenvalue weighted by Crippen LogP contribution is -2.49. The number of benzene rings is 2. The third kappa shape index (κ3) is 5.24. The molecule has 4 rings (SSSR count). The summed E-state index contributed by atoms with van der Waals surface area (Å²) in [6, 6.07) is 15.5. The average Bonchev–Trinajstić information content (AvgIpc) is 3.08. The van der Waals surface area contributed by atoms with Gasteiger partial charge in [-0.05, 0) is 61.3 Å². The van der Waals surface area contributed by atoms with Crippen LogP contribution in [-0.4, -0.2) is 41.3 Å². The maximum atomic E-state index is 12.6. The SMILES string of the molecule is CC(C)(CCC(=O)NC(C(=O)O)C1CCC1)NC(=O)OCC1c2ccccc2-c2ccccc21. The lowest BCUT2D eigenvalue weighted by Gasteiger charge is -2.32. The Morgan fingerprint density at radius 2 is 1.62 bits per heavy atom. The Morgan fingerprint density at radius 3 is 2.15 bits per heavy atom. The zero-order chi connectivity index (χ0) is 24.3. The fourth-order valence-corrected chi connectivity index (χ4v) is 4.80. The van der Waals surface area contributed by atoms with Gasteiger partial charge in [0.05, 0.1) is 0 Å². The Hall–Kier alpha value is -3.35. The third-order valence-electron chi connectivity index (χ3n) is 6.96. The Morgan fingerprint density at radius 1 is 1.03 bits per heavy atom. The molecule has 7 nitrogen and oxygen atoms in total. The Labute approximate surface area is 199 Å². The number of ether oxygens (including phenoxy) is 1. The van der Waals surface area contributed by atoms with Crippen LogP contribution in [0.25, 0.3) is 11.1 Å². The van der Waals surface area contributed by atoms with Gasteiger partial charge >= 0.3 is 12.1 Å². The van der Waals surface area contributed by atoms with Crippen molar-refractivity contribution in [2.45, 2.75) is 63.5 Å². The van der Waals surface area contributed by atoms with E-state index in [0.29, 0.717) is 6.42 Å². The molecule has 0 heterocycles.